The Bertz CT molecular complexity index is 634. The number of imidazole rings is 1. The minimum atomic E-state index is 0.0301. The zero-order valence-electron chi connectivity index (χ0n) is 10.8. The average Bonchev–Trinajstić information content (AvgIpc) is 2.65. The van der Waals surface area contributed by atoms with Gasteiger partial charge in [-0.25, -0.2) is 4.79 Å². The summed E-state index contributed by atoms with van der Waals surface area (Å²) in [4.78, 5) is 14.2. The van der Waals surface area contributed by atoms with Crippen LogP contribution in [0.1, 0.15) is 0 Å². The van der Waals surface area contributed by atoms with Gasteiger partial charge >= 0.3 is 5.69 Å². The highest BCUT2D eigenvalue weighted by Crippen LogP contribution is 2.21. The molecule has 0 amide bonds. The third kappa shape index (κ3) is 1.62. The predicted octanol–water partition coefficient (Wildman–Crippen LogP) is 0.287. The Morgan fingerprint density at radius 1 is 1.06 bits per heavy atom. The Kier molecular flexibility index (Phi) is 2.63. The van der Waals surface area contributed by atoms with Gasteiger partial charge in [0, 0.05) is 46.0 Å². The molecule has 0 unspecified atom stereocenters. The zero-order chi connectivity index (χ0) is 12.7. The lowest BCUT2D eigenvalue weighted by Gasteiger charge is -2.29. The van der Waals surface area contributed by atoms with Crippen molar-refractivity contribution in [3.05, 3.63) is 28.7 Å². The Balaban J connectivity index is 2.10. The van der Waals surface area contributed by atoms with Crippen LogP contribution < -0.4 is 15.9 Å². The molecule has 1 saturated heterocycles. The number of piperazine rings is 1. The van der Waals surface area contributed by atoms with Gasteiger partial charge in [0.25, 0.3) is 0 Å². The lowest BCUT2D eigenvalue weighted by Crippen LogP contribution is -2.43. The summed E-state index contributed by atoms with van der Waals surface area (Å²) in [7, 11) is 3.64. The van der Waals surface area contributed by atoms with Crippen LogP contribution in [0.15, 0.2) is 23.0 Å². The fourth-order valence-electron chi connectivity index (χ4n) is 2.61. The van der Waals surface area contributed by atoms with E-state index in [0.717, 1.165) is 37.2 Å². The molecule has 0 saturated carbocycles. The van der Waals surface area contributed by atoms with Gasteiger partial charge in [0.1, 0.15) is 0 Å². The fourth-order valence-corrected chi connectivity index (χ4v) is 2.61. The standard InChI is InChI=1S/C13H18N4O/c1-15-11-4-3-10(17-7-5-14-6-8-17)9-12(11)16(2)13(15)18/h3-4,9,14H,5-8H2,1-2H3. The number of nitrogens with zero attached hydrogens (tertiary/aromatic N) is 3. The van der Waals surface area contributed by atoms with Crippen LogP contribution in [0.5, 0.6) is 0 Å². The van der Waals surface area contributed by atoms with Crippen LogP contribution in [0.2, 0.25) is 0 Å². The summed E-state index contributed by atoms with van der Waals surface area (Å²) in [5, 5.41) is 3.35. The van der Waals surface area contributed by atoms with E-state index < -0.39 is 0 Å². The molecule has 1 aliphatic heterocycles. The molecule has 1 aromatic heterocycles. The van der Waals surface area contributed by atoms with E-state index in [9.17, 15) is 4.79 Å². The average molecular weight is 246 g/mol. The van der Waals surface area contributed by atoms with Crippen molar-refractivity contribution in [1.29, 1.82) is 0 Å². The van der Waals surface area contributed by atoms with Crippen LogP contribution in [0.4, 0.5) is 5.69 Å². The quantitative estimate of drug-likeness (QED) is 0.786. The number of aromatic nitrogens is 2. The van der Waals surface area contributed by atoms with Crippen LogP contribution in [0, 0.1) is 0 Å². The van der Waals surface area contributed by atoms with Gasteiger partial charge < -0.3 is 10.2 Å². The topological polar surface area (TPSA) is 42.2 Å². The first-order valence-electron chi connectivity index (χ1n) is 6.29. The number of anilines is 1. The summed E-state index contributed by atoms with van der Waals surface area (Å²) in [6.07, 6.45) is 0. The Hall–Kier alpha value is -1.75. The highest BCUT2D eigenvalue weighted by Gasteiger charge is 2.13. The van der Waals surface area contributed by atoms with E-state index in [1.54, 1.807) is 9.13 Å². The number of hydrogen-bond acceptors (Lipinski definition) is 3. The summed E-state index contributed by atoms with van der Waals surface area (Å²) < 4.78 is 3.40. The second kappa shape index (κ2) is 4.17. The fraction of sp³-hybridized carbons (Fsp3) is 0.462. The van der Waals surface area contributed by atoms with Gasteiger partial charge in [-0.3, -0.25) is 9.13 Å². The third-order valence-electron chi connectivity index (χ3n) is 3.74. The molecule has 0 atom stereocenters. The van der Waals surface area contributed by atoms with Crippen LogP contribution in [0.25, 0.3) is 11.0 Å². The van der Waals surface area contributed by atoms with Crippen molar-refractivity contribution in [3.63, 3.8) is 0 Å². The minimum absolute atomic E-state index is 0.0301. The van der Waals surface area contributed by atoms with Crippen molar-refractivity contribution < 1.29 is 0 Å². The predicted molar refractivity (Wildman–Crippen MR) is 73.2 cm³/mol. The molecule has 1 fully saturated rings. The van der Waals surface area contributed by atoms with E-state index in [1.807, 2.05) is 20.2 Å². The maximum absolute atomic E-state index is 11.9. The van der Waals surface area contributed by atoms with Gasteiger partial charge in [-0.2, -0.15) is 0 Å². The van der Waals surface area contributed by atoms with E-state index in [-0.39, 0.29) is 5.69 Å². The van der Waals surface area contributed by atoms with Crippen LogP contribution in [-0.4, -0.2) is 35.3 Å². The maximum Gasteiger partial charge on any atom is 0.328 e. The first kappa shape index (κ1) is 11.3. The number of aryl methyl sites for hydroxylation is 2. The van der Waals surface area contributed by atoms with Crippen molar-refractivity contribution in [3.8, 4) is 0 Å². The first-order chi connectivity index (χ1) is 8.68. The lowest BCUT2D eigenvalue weighted by molar-refractivity contribution is 0.589. The number of rotatable bonds is 1. The molecular weight excluding hydrogens is 228 g/mol. The van der Waals surface area contributed by atoms with Gasteiger partial charge in [0.2, 0.25) is 0 Å². The molecule has 0 bridgehead atoms. The first-order valence-corrected chi connectivity index (χ1v) is 6.29. The van der Waals surface area contributed by atoms with Crippen molar-refractivity contribution >= 4 is 16.7 Å². The zero-order valence-corrected chi connectivity index (χ0v) is 10.8. The highest BCUT2D eigenvalue weighted by molar-refractivity contribution is 5.80. The van der Waals surface area contributed by atoms with E-state index in [0.29, 0.717) is 0 Å². The summed E-state index contributed by atoms with van der Waals surface area (Å²) in [6, 6.07) is 6.25. The van der Waals surface area contributed by atoms with Gasteiger partial charge in [-0.15, -0.1) is 0 Å². The van der Waals surface area contributed by atoms with Crippen molar-refractivity contribution in [2.24, 2.45) is 14.1 Å². The second-order valence-corrected chi connectivity index (χ2v) is 4.81. The smallest absolute Gasteiger partial charge is 0.328 e. The summed E-state index contributed by atoms with van der Waals surface area (Å²) in [6.45, 7) is 4.08. The number of benzene rings is 1. The molecule has 1 N–H and O–H groups in total. The Labute approximate surface area is 106 Å². The molecule has 0 spiro atoms. The lowest BCUT2D eigenvalue weighted by atomic mass is 10.2. The number of fused-ring (bicyclic) bond motifs is 1. The molecule has 96 valence electrons. The third-order valence-corrected chi connectivity index (χ3v) is 3.74. The Morgan fingerprint density at radius 2 is 1.72 bits per heavy atom. The molecular formula is C13H18N4O. The number of nitrogens with one attached hydrogen (secondary N) is 1. The molecule has 5 nitrogen and oxygen atoms in total. The summed E-state index contributed by atoms with van der Waals surface area (Å²) in [5.41, 5.74) is 3.22. The normalized spacial score (nSPS) is 16.4. The van der Waals surface area contributed by atoms with Gasteiger partial charge in [0.15, 0.2) is 0 Å². The van der Waals surface area contributed by atoms with Gasteiger partial charge in [0.05, 0.1) is 11.0 Å². The molecule has 2 heterocycles. The van der Waals surface area contributed by atoms with E-state index in [2.05, 4.69) is 22.3 Å². The summed E-state index contributed by atoms with van der Waals surface area (Å²) >= 11 is 0. The molecule has 0 aliphatic carbocycles. The van der Waals surface area contributed by atoms with E-state index in [1.165, 1.54) is 5.69 Å². The monoisotopic (exact) mass is 246 g/mol. The SMILES string of the molecule is Cn1c(=O)n(C)c2cc(N3CCNCC3)ccc21. The molecule has 3 rings (SSSR count). The largest absolute Gasteiger partial charge is 0.369 e. The second-order valence-electron chi connectivity index (χ2n) is 4.81. The molecule has 1 aromatic carbocycles. The molecule has 0 radical (unpaired) electrons. The van der Waals surface area contributed by atoms with E-state index >= 15 is 0 Å². The molecule has 2 aromatic rings. The molecule has 18 heavy (non-hydrogen) atoms. The maximum atomic E-state index is 11.9. The number of hydrogen-bond donors (Lipinski definition) is 1. The minimum Gasteiger partial charge on any atom is -0.369 e. The van der Waals surface area contributed by atoms with Crippen molar-refractivity contribution in [2.45, 2.75) is 0 Å². The van der Waals surface area contributed by atoms with Crippen LogP contribution >= 0.6 is 0 Å². The molecule has 1 aliphatic rings. The van der Waals surface area contributed by atoms with Crippen LogP contribution in [0.3, 0.4) is 0 Å². The molecule has 5 heteroatoms. The highest BCUT2D eigenvalue weighted by atomic mass is 16.1. The van der Waals surface area contributed by atoms with Gasteiger partial charge in [-0.1, -0.05) is 0 Å². The summed E-state index contributed by atoms with van der Waals surface area (Å²) in [5.74, 6) is 0. The van der Waals surface area contributed by atoms with Crippen molar-refractivity contribution in [2.75, 3.05) is 31.1 Å². The van der Waals surface area contributed by atoms with E-state index in [4.69, 9.17) is 0 Å². The van der Waals surface area contributed by atoms with Crippen molar-refractivity contribution in [1.82, 2.24) is 14.5 Å². The Morgan fingerprint density at radius 3 is 2.44 bits per heavy atom. The van der Waals surface area contributed by atoms with Crippen LogP contribution in [-0.2, 0) is 14.1 Å². The van der Waals surface area contributed by atoms with Gasteiger partial charge in [-0.05, 0) is 18.2 Å².